The lowest BCUT2D eigenvalue weighted by Gasteiger charge is -2.46. The van der Waals surface area contributed by atoms with Crippen molar-refractivity contribution < 1.29 is 18.8 Å². The van der Waals surface area contributed by atoms with Gasteiger partial charge < -0.3 is 19.5 Å². The quantitative estimate of drug-likeness (QED) is 0.773. The van der Waals surface area contributed by atoms with E-state index >= 15 is 0 Å². The van der Waals surface area contributed by atoms with Gasteiger partial charge in [0.1, 0.15) is 5.56 Å². The van der Waals surface area contributed by atoms with Crippen LogP contribution >= 0.6 is 0 Å². The van der Waals surface area contributed by atoms with E-state index in [4.69, 9.17) is 9.26 Å². The van der Waals surface area contributed by atoms with E-state index in [2.05, 4.69) is 22.2 Å². The zero-order valence-electron chi connectivity index (χ0n) is 15.1. The van der Waals surface area contributed by atoms with Crippen LogP contribution in [-0.2, 0) is 16.6 Å². The summed E-state index contributed by atoms with van der Waals surface area (Å²) in [6.45, 7) is 5.86. The molecule has 2 fully saturated rings. The van der Waals surface area contributed by atoms with Gasteiger partial charge in [-0.1, -0.05) is 11.7 Å². The second kappa shape index (κ2) is 6.66. The van der Waals surface area contributed by atoms with Crippen LogP contribution in [0.15, 0.2) is 35.8 Å². The normalized spacial score (nSPS) is 20.5. The first-order valence-corrected chi connectivity index (χ1v) is 8.74. The number of nitrogens with one attached hydrogen (secondary N) is 1. The third kappa shape index (κ3) is 3.25. The lowest BCUT2D eigenvalue weighted by atomic mass is 9.78. The first-order valence-electron chi connectivity index (χ1n) is 8.74. The van der Waals surface area contributed by atoms with Gasteiger partial charge in [0.15, 0.2) is 5.76 Å². The second-order valence-electron chi connectivity index (χ2n) is 7.22. The molecule has 2 amide bonds. The smallest absolute Gasteiger partial charge is 0.257 e. The van der Waals surface area contributed by atoms with Gasteiger partial charge in [-0.15, -0.1) is 0 Å². The Morgan fingerprint density at radius 1 is 1.44 bits per heavy atom. The van der Waals surface area contributed by atoms with Crippen molar-refractivity contribution in [2.24, 2.45) is 12.5 Å². The summed E-state index contributed by atoms with van der Waals surface area (Å²) in [4.78, 5) is 25.9. The average molecular weight is 371 g/mol. The molecule has 4 heterocycles. The average Bonchev–Trinajstić information content (AvgIpc) is 3.36. The fourth-order valence-corrected chi connectivity index (χ4v) is 3.75. The predicted octanol–water partition coefficient (Wildman–Crippen LogP) is 0.608. The van der Waals surface area contributed by atoms with Crippen LogP contribution in [0.5, 0.6) is 0 Å². The summed E-state index contributed by atoms with van der Waals surface area (Å²) in [6, 6.07) is 0. The van der Waals surface area contributed by atoms with E-state index in [-0.39, 0.29) is 23.3 Å². The number of aromatic nitrogens is 3. The van der Waals surface area contributed by atoms with Gasteiger partial charge >= 0.3 is 0 Å². The molecule has 0 radical (unpaired) electrons. The summed E-state index contributed by atoms with van der Waals surface area (Å²) >= 11 is 0. The maximum atomic E-state index is 12.5. The van der Waals surface area contributed by atoms with Crippen molar-refractivity contribution >= 4 is 11.8 Å². The molecule has 2 aromatic heterocycles. The van der Waals surface area contributed by atoms with Crippen LogP contribution in [0.2, 0.25) is 0 Å². The van der Waals surface area contributed by atoms with Gasteiger partial charge in [-0.3, -0.25) is 14.3 Å². The van der Waals surface area contributed by atoms with Gasteiger partial charge in [-0.25, -0.2) is 0 Å². The first-order chi connectivity index (χ1) is 13.0. The third-order valence-electron chi connectivity index (χ3n) is 5.10. The molecule has 9 heteroatoms. The lowest BCUT2D eigenvalue weighted by molar-refractivity contribution is -0.137. The van der Waals surface area contributed by atoms with Gasteiger partial charge in [0.05, 0.1) is 30.7 Å². The van der Waals surface area contributed by atoms with E-state index in [0.29, 0.717) is 43.1 Å². The van der Waals surface area contributed by atoms with Crippen LogP contribution in [0.4, 0.5) is 0 Å². The van der Waals surface area contributed by atoms with E-state index in [1.165, 1.54) is 12.3 Å². The highest BCUT2D eigenvalue weighted by atomic mass is 16.5. The zero-order chi connectivity index (χ0) is 19.0. The molecule has 2 aliphatic rings. The van der Waals surface area contributed by atoms with Gasteiger partial charge in [0, 0.05) is 38.3 Å². The molecule has 0 saturated carbocycles. The van der Waals surface area contributed by atoms with Crippen LogP contribution in [-0.4, -0.2) is 64.0 Å². The first kappa shape index (κ1) is 17.5. The molecule has 1 atom stereocenters. The number of likely N-dealkylation sites (tertiary alicyclic amines) is 1. The van der Waals surface area contributed by atoms with Crippen LogP contribution in [0, 0.1) is 5.41 Å². The number of aryl methyl sites for hydroxylation is 1. The number of amides is 2. The lowest BCUT2D eigenvalue weighted by Crippen LogP contribution is -2.58. The Labute approximate surface area is 155 Å². The number of rotatable bonds is 5. The van der Waals surface area contributed by atoms with Crippen molar-refractivity contribution in [2.75, 3.05) is 26.2 Å². The fraction of sp³-hybridized carbons (Fsp3) is 0.444. The van der Waals surface area contributed by atoms with E-state index in [0.717, 1.165) is 6.42 Å². The highest BCUT2D eigenvalue weighted by Crippen LogP contribution is 2.41. The predicted molar refractivity (Wildman–Crippen MR) is 94.6 cm³/mol. The minimum Gasteiger partial charge on any atom is -0.376 e. The SMILES string of the molecule is C=CC(=O)N1CC2(COC(CNC(=O)c3cnoc3-c3cnn(C)c3)C2)C1. The Morgan fingerprint density at radius 3 is 2.96 bits per heavy atom. The molecule has 0 aromatic carbocycles. The molecular weight excluding hydrogens is 350 g/mol. The second-order valence-corrected chi connectivity index (χ2v) is 7.22. The van der Waals surface area contributed by atoms with Crippen LogP contribution in [0.1, 0.15) is 16.8 Å². The summed E-state index contributed by atoms with van der Waals surface area (Å²) in [5.74, 6) is 0.0754. The van der Waals surface area contributed by atoms with Crippen LogP contribution in [0.25, 0.3) is 11.3 Å². The van der Waals surface area contributed by atoms with E-state index in [1.807, 2.05) is 0 Å². The zero-order valence-corrected chi connectivity index (χ0v) is 15.1. The molecule has 142 valence electrons. The van der Waals surface area contributed by atoms with Crippen LogP contribution < -0.4 is 5.32 Å². The summed E-state index contributed by atoms with van der Waals surface area (Å²) in [6.07, 6.45) is 6.85. The number of carbonyl (C=O) groups is 2. The molecule has 2 saturated heterocycles. The van der Waals surface area contributed by atoms with Gasteiger partial charge in [-0.05, 0) is 12.5 Å². The van der Waals surface area contributed by atoms with Crippen molar-refractivity contribution in [3.05, 3.63) is 36.8 Å². The van der Waals surface area contributed by atoms with Gasteiger partial charge in [-0.2, -0.15) is 5.10 Å². The highest BCUT2D eigenvalue weighted by Gasteiger charge is 2.50. The Kier molecular flexibility index (Phi) is 4.31. The maximum Gasteiger partial charge on any atom is 0.257 e. The molecule has 1 spiro atoms. The topological polar surface area (TPSA) is 102 Å². The molecule has 9 nitrogen and oxygen atoms in total. The summed E-state index contributed by atoms with van der Waals surface area (Å²) < 4.78 is 12.7. The Morgan fingerprint density at radius 2 is 2.26 bits per heavy atom. The van der Waals surface area contributed by atoms with E-state index in [9.17, 15) is 9.59 Å². The molecular formula is C18H21N5O4. The van der Waals surface area contributed by atoms with Crippen molar-refractivity contribution in [3.63, 3.8) is 0 Å². The van der Waals surface area contributed by atoms with Crippen molar-refractivity contribution in [3.8, 4) is 11.3 Å². The minimum absolute atomic E-state index is 0.00608. The van der Waals surface area contributed by atoms with Crippen molar-refractivity contribution in [1.82, 2.24) is 25.2 Å². The number of carbonyl (C=O) groups excluding carboxylic acids is 2. The number of nitrogens with zero attached hydrogens (tertiary/aromatic N) is 4. The molecule has 2 aliphatic heterocycles. The molecule has 1 unspecified atom stereocenters. The molecule has 27 heavy (non-hydrogen) atoms. The van der Waals surface area contributed by atoms with E-state index in [1.54, 1.807) is 29.0 Å². The van der Waals surface area contributed by atoms with E-state index < -0.39 is 0 Å². The van der Waals surface area contributed by atoms with Crippen LogP contribution in [0.3, 0.4) is 0 Å². The van der Waals surface area contributed by atoms with Gasteiger partial charge in [0.25, 0.3) is 5.91 Å². The molecule has 1 N–H and O–H groups in total. The number of hydrogen-bond donors (Lipinski definition) is 1. The van der Waals surface area contributed by atoms with Crippen molar-refractivity contribution in [1.29, 1.82) is 0 Å². The Balaban J connectivity index is 1.32. The Hall–Kier alpha value is -2.94. The molecule has 0 bridgehead atoms. The summed E-state index contributed by atoms with van der Waals surface area (Å²) in [5, 5.41) is 10.7. The number of ether oxygens (including phenoxy) is 1. The van der Waals surface area contributed by atoms with Crippen molar-refractivity contribution in [2.45, 2.75) is 12.5 Å². The molecule has 0 aliphatic carbocycles. The van der Waals surface area contributed by atoms with Gasteiger partial charge in [0.2, 0.25) is 5.91 Å². The molecule has 4 rings (SSSR count). The Bertz CT molecular complexity index is 880. The largest absolute Gasteiger partial charge is 0.376 e. The third-order valence-corrected chi connectivity index (χ3v) is 5.10. The minimum atomic E-state index is -0.267. The fourth-order valence-electron chi connectivity index (χ4n) is 3.75. The summed E-state index contributed by atoms with van der Waals surface area (Å²) in [5.41, 5.74) is 1.06. The number of hydrogen-bond acceptors (Lipinski definition) is 6. The maximum absolute atomic E-state index is 12.5. The standard InChI is InChI=1S/C18H21N5O4/c1-3-15(24)23-9-18(10-23)4-13(26-11-18)6-19-17(25)14-7-21-27-16(14)12-5-20-22(2)8-12/h3,5,7-8,13H,1,4,6,9-11H2,2H3,(H,19,25). The molecule has 2 aromatic rings. The summed E-state index contributed by atoms with van der Waals surface area (Å²) in [7, 11) is 1.79. The monoisotopic (exact) mass is 371 g/mol. The highest BCUT2D eigenvalue weighted by molar-refractivity contribution is 5.99.